The van der Waals surface area contributed by atoms with Gasteiger partial charge in [0.15, 0.2) is 5.78 Å². The Morgan fingerprint density at radius 3 is 2.95 bits per heavy atom. The number of carbonyl (C=O) groups is 1. The van der Waals surface area contributed by atoms with Gasteiger partial charge in [-0.3, -0.25) is 4.79 Å². The second kappa shape index (κ2) is 5.52. The van der Waals surface area contributed by atoms with Gasteiger partial charge in [-0.1, -0.05) is 18.2 Å². The summed E-state index contributed by atoms with van der Waals surface area (Å²) in [4.78, 5) is 20.0. The molecule has 0 amide bonds. The SMILES string of the molecule is CC(=O)c1cnc(NC2CCOc3ccccc32)nc1C. The fourth-order valence-corrected chi connectivity index (χ4v) is 2.53. The van der Waals surface area contributed by atoms with Crippen molar-refractivity contribution >= 4 is 11.7 Å². The first-order valence-electron chi connectivity index (χ1n) is 6.98. The van der Waals surface area contributed by atoms with Crippen LogP contribution in [0.5, 0.6) is 5.75 Å². The van der Waals surface area contributed by atoms with E-state index in [0.29, 0.717) is 23.8 Å². The number of aryl methyl sites for hydroxylation is 1. The van der Waals surface area contributed by atoms with Gasteiger partial charge in [-0.25, -0.2) is 9.97 Å². The molecule has 21 heavy (non-hydrogen) atoms. The number of ketones is 1. The van der Waals surface area contributed by atoms with Gasteiger partial charge < -0.3 is 10.1 Å². The van der Waals surface area contributed by atoms with Crippen LogP contribution in [0.1, 0.15) is 41.0 Å². The molecule has 5 nitrogen and oxygen atoms in total. The van der Waals surface area contributed by atoms with E-state index in [1.165, 1.54) is 6.92 Å². The van der Waals surface area contributed by atoms with E-state index in [-0.39, 0.29) is 11.8 Å². The number of carbonyl (C=O) groups excluding carboxylic acids is 1. The van der Waals surface area contributed by atoms with E-state index in [1.807, 2.05) is 31.2 Å². The van der Waals surface area contributed by atoms with Crippen LogP contribution in [0.3, 0.4) is 0 Å². The lowest BCUT2D eigenvalue weighted by Gasteiger charge is -2.26. The standard InChI is InChI=1S/C16H17N3O2/c1-10-13(11(2)20)9-17-16(18-10)19-14-7-8-21-15-6-4-3-5-12(14)15/h3-6,9,14H,7-8H2,1-2H3,(H,17,18,19). The Bertz CT molecular complexity index is 685. The molecule has 1 aromatic heterocycles. The molecule has 0 fully saturated rings. The molecule has 0 radical (unpaired) electrons. The molecule has 108 valence electrons. The van der Waals surface area contributed by atoms with Gasteiger partial charge in [0.2, 0.25) is 5.95 Å². The summed E-state index contributed by atoms with van der Waals surface area (Å²) >= 11 is 0. The Labute approximate surface area is 123 Å². The summed E-state index contributed by atoms with van der Waals surface area (Å²) in [5.41, 5.74) is 2.37. The number of hydrogen-bond donors (Lipinski definition) is 1. The second-order valence-electron chi connectivity index (χ2n) is 5.12. The predicted molar refractivity (Wildman–Crippen MR) is 79.7 cm³/mol. The average molecular weight is 283 g/mol. The molecule has 1 unspecified atom stereocenters. The molecule has 5 heteroatoms. The van der Waals surface area contributed by atoms with Crippen LogP contribution in [-0.4, -0.2) is 22.4 Å². The molecule has 1 aromatic carbocycles. The van der Waals surface area contributed by atoms with E-state index in [0.717, 1.165) is 17.7 Å². The molecular formula is C16H17N3O2. The van der Waals surface area contributed by atoms with Gasteiger partial charge in [-0.15, -0.1) is 0 Å². The molecule has 3 rings (SSSR count). The van der Waals surface area contributed by atoms with E-state index < -0.39 is 0 Å². The zero-order chi connectivity index (χ0) is 14.8. The third-order valence-corrected chi connectivity index (χ3v) is 3.62. The van der Waals surface area contributed by atoms with Gasteiger partial charge in [0.1, 0.15) is 5.75 Å². The Morgan fingerprint density at radius 2 is 2.19 bits per heavy atom. The Hall–Kier alpha value is -2.43. The maximum Gasteiger partial charge on any atom is 0.223 e. The topological polar surface area (TPSA) is 64.1 Å². The number of nitrogens with one attached hydrogen (secondary N) is 1. The van der Waals surface area contributed by atoms with Crippen molar-refractivity contribution in [2.75, 3.05) is 11.9 Å². The quantitative estimate of drug-likeness (QED) is 0.877. The first kappa shape index (κ1) is 13.5. The van der Waals surface area contributed by atoms with Gasteiger partial charge in [0, 0.05) is 18.2 Å². The summed E-state index contributed by atoms with van der Waals surface area (Å²) in [6, 6.07) is 8.09. The second-order valence-corrected chi connectivity index (χ2v) is 5.12. The lowest BCUT2D eigenvalue weighted by atomic mass is 10.0. The number of fused-ring (bicyclic) bond motifs is 1. The molecular weight excluding hydrogens is 266 g/mol. The zero-order valence-electron chi connectivity index (χ0n) is 12.1. The van der Waals surface area contributed by atoms with E-state index in [4.69, 9.17) is 4.74 Å². The highest BCUT2D eigenvalue weighted by Crippen LogP contribution is 2.33. The van der Waals surface area contributed by atoms with Crippen LogP contribution >= 0.6 is 0 Å². The first-order chi connectivity index (χ1) is 10.1. The van der Waals surface area contributed by atoms with Gasteiger partial charge in [-0.2, -0.15) is 0 Å². The number of aromatic nitrogens is 2. The number of ether oxygens (including phenoxy) is 1. The van der Waals surface area contributed by atoms with Crippen LogP contribution in [0.25, 0.3) is 0 Å². The Morgan fingerprint density at radius 1 is 1.38 bits per heavy atom. The molecule has 0 bridgehead atoms. The fraction of sp³-hybridized carbons (Fsp3) is 0.312. The Kier molecular flexibility index (Phi) is 3.56. The lowest BCUT2D eigenvalue weighted by molar-refractivity contribution is 0.101. The zero-order valence-corrected chi connectivity index (χ0v) is 12.1. The highest BCUT2D eigenvalue weighted by atomic mass is 16.5. The molecule has 1 aliphatic rings. The maximum absolute atomic E-state index is 11.4. The van der Waals surface area contributed by atoms with Gasteiger partial charge in [0.25, 0.3) is 0 Å². The van der Waals surface area contributed by atoms with Gasteiger partial charge >= 0.3 is 0 Å². The van der Waals surface area contributed by atoms with Crippen molar-refractivity contribution in [1.29, 1.82) is 0 Å². The maximum atomic E-state index is 11.4. The van der Waals surface area contributed by atoms with Gasteiger partial charge in [-0.05, 0) is 19.9 Å². The van der Waals surface area contributed by atoms with Crippen molar-refractivity contribution in [1.82, 2.24) is 9.97 Å². The Balaban J connectivity index is 1.85. The summed E-state index contributed by atoms with van der Waals surface area (Å²) < 4.78 is 5.64. The van der Waals surface area contributed by atoms with E-state index in [2.05, 4.69) is 15.3 Å². The number of Topliss-reactive ketones (excluding diaryl/α,β-unsaturated/α-hetero) is 1. The molecule has 2 heterocycles. The van der Waals surface area contributed by atoms with Crippen LogP contribution in [0, 0.1) is 6.92 Å². The van der Waals surface area contributed by atoms with Crippen LogP contribution < -0.4 is 10.1 Å². The predicted octanol–water partition coefficient (Wildman–Crippen LogP) is 2.92. The molecule has 0 saturated heterocycles. The third-order valence-electron chi connectivity index (χ3n) is 3.62. The summed E-state index contributed by atoms with van der Waals surface area (Å²) in [5, 5.41) is 3.33. The smallest absolute Gasteiger partial charge is 0.223 e. The normalized spacial score (nSPS) is 16.8. The minimum Gasteiger partial charge on any atom is -0.493 e. The molecule has 1 atom stereocenters. The summed E-state index contributed by atoms with van der Waals surface area (Å²) in [6.45, 7) is 4.01. The van der Waals surface area contributed by atoms with Crippen molar-refractivity contribution in [2.45, 2.75) is 26.3 Å². The van der Waals surface area contributed by atoms with Gasteiger partial charge in [0.05, 0.1) is 23.9 Å². The number of hydrogen-bond acceptors (Lipinski definition) is 5. The molecule has 0 aliphatic carbocycles. The summed E-state index contributed by atoms with van der Waals surface area (Å²) in [6.07, 6.45) is 2.44. The molecule has 2 aromatic rings. The number of benzene rings is 1. The van der Waals surface area contributed by atoms with Crippen LogP contribution in [0.2, 0.25) is 0 Å². The lowest BCUT2D eigenvalue weighted by Crippen LogP contribution is -2.21. The van der Waals surface area contributed by atoms with Crippen LogP contribution in [0.4, 0.5) is 5.95 Å². The number of nitrogens with zero attached hydrogens (tertiary/aromatic N) is 2. The van der Waals surface area contributed by atoms with Crippen molar-refractivity contribution < 1.29 is 9.53 Å². The highest BCUT2D eigenvalue weighted by Gasteiger charge is 2.21. The minimum atomic E-state index is -0.0181. The van der Waals surface area contributed by atoms with Crippen molar-refractivity contribution in [3.05, 3.63) is 47.3 Å². The van der Waals surface area contributed by atoms with E-state index in [9.17, 15) is 4.79 Å². The monoisotopic (exact) mass is 283 g/mol. The molecule has 1 aliphatic heterocycles. The fourth-order valence-electron chi connectivity index (χ4n) is 2.53. The largest absolute Gasteiger partial charge is 0.493 e. The first-order valence-corrected chi connectivity index (χ1v) is 6.98. The minimum absolute atomic E-state index is 0.0181. The van der Waals surface area contributed by atoms with E-state index in [1.54, 1.807) is 6.20 Å². The third kappa shape index (κ3) is 2.72. The average Bonchev–Trinajstić information content (AvgIpc) is 2.47. The van der Waals surface area contributed by atoms with Crippen molar-refractivity contribution in [3.63, 3.8) is 0 Å². The van der Waals surface area contributed by atoms with E-state index >= 15 is 0 Å². The number of anilines is 1. The summed E-state index contributed by atoms with van der Waals surface area (Å²) in [7, 11) is 0. The van der Waals surface area contributed by atoms with Crippen molar-refractivity contribution in [2.24, 2.45) is 0 Å². The highest BCUT2D eigenvalue weighted by molar-refractivity contribution is 5.94. The molecule has 0 spiro atoms. The number of para-hydroxylation sites is 1. The van der Waals surface area contributed by atoms with Crippen LogP contribution in [-0.2, 0) is 0 Å². The molecule has 0 saturated carbocycles. The van der Waals surface area contributed by atoms with Crippen molar-refractivity contribution in [3.8, 4) is 5.75 Å². The number of rotatable bonds is 3. The summed E-state index contributed by atoms with van der Waals surface area (Å²) in [5.74, 6) is 1.42. The van der Waals surface area contributed by atoms with Crippen LogP contribution in [0.15, 0.2) is 30.5 Å². The molecule has 1 N–H and O–H groups in total.